The third kappa shape index (κ3) is 5.48. The van der Waals surface area contributed by atoms with Crippen molar-refractivity contribution in [2.45, 2.75) is 31.2 Å². The summed E-state index contributed by atoms with van der Waals surface area (Å²) in [5.41, 5.74) is 0.466. The Morgan fingerprint density at radius 2 is 2.05 bits per heavy atom. The first-order chi connectivity index (χ1) is 9.95. The molecule has 2 N–H and O–H groups in total. The molecule has 0 fully saturated rings. The molecular weight excluding hydrogens is 288 g/mol. The molecule has 1 unspecified atom stereocenters. The van der Waals surface area contributed by atoms with Crippen LogP contribution in [0.3, 0.4) is 0 Å². The quantitative estimate of drug-likeness (QED) is 0.755. The van der Waals surface area contributed by atoms with Crippen LogP contribution in [0.4, 0.5) is 0 Å². The molecule has 21 heavy (non-hydrogen) atoms. The maximum Gasteiger partial charge on any atom is 0.305 e. The zero-order chi connectivity index (χ0) is 15.8. The van der Waals surface area contributed by atoms with Gasteiger partial charge in [0.05, 0.1) is 23.8 Å². The number of aliphatic carboxylic acids is 1. The molecule has 0 heterocycles. The summed E-state index contributed by atoms with van der Waals surface area (Å²) in [4.78, 5) is 23.9. The highest BCUT2D eigenvalue weighted by atomic mass is 32.2. The van der Waals surface area contributed by atoms with Crippen molar-refractivity contribution in [2.75, 3.05) is 5.75 Å². The molecule has 1 aromatic rings. The molecule has 0 aliphatic carbocycles. The van der Waals surface area contributed by atoms with Crippen LogP contribution in [0, 0.1) is 17.2 Å². The molecule has 0 spiro atoms. The van der Waals surface area contributed by atoms with Crippen LogP contribution in [0.15, 0.2) is 29.2 Å². The van der Waals surface area contributed by atoms with E-state index in [9.17, 15) is 9.59 Å². The van der Waals surface area contributed by atoms with Gasteiger partial charge in [0.2, 0.25) is 0 Å². The summed E-state index contributed by atoms with van der Waals surface area (Å²) in [7, 11) is 0. The van der Waals surface area contributed by atoms with Gasteiger partial charge in [-0.1, -0.05) is 26.0 Å². The molecule has 5 nitrogen and oxygen atoms in total. The van der Waals surface area contributed by atoms with Crippen molar-refractivity contribution >= 4 is 23.6 Å². The van der Waals surface area contributed by atoms with E-state index in [2.05, 4.69) is 5.32 Å². The summed E-state index contributed by atoms with van der Waals surface area (Å²) in [6, 6.07) is 8.59. The first kappa shape index (κ1) is 17.1. The van der Waals surface area contributed by atoms with Gasteiger partial charge in [0, 0.05) is 10.9 Å². The van der Waals surface area contributed by atoms with Crippen LogP contribution in [0.5, 0.6) is 0 Å². The van der Waals surface area contributed by atoms with E-state index >= 15 is 0 Å². The van der Waals surface area contributed by atoms with Crippen molar-refractivity contribution in [3.8, 4) is 6.07 Å². The second-order valence-electron chi connectivity index (χ2n) is 4.86. The average molecular weight is 306 g/mol. The monoisotopic (exact) mass is 306 g/mol. The van der Waals surface area contributed by atoms with E-state index in [1.807, 2.05) is 19.9 Å². The predicted molar refractivity (Wildman–Crippen MR) is 81.1 cm³/mol. The third-order valence-electron chi connectivity index (χ3n) is 2.94. The minimum absolute atomic E-state index is 0.0176. The Bertz CT molecular complexity index is 552. The lowest BCUT2D eigenvalue weighted by Gasteiger charge is -2.21. The van der Waals surface area contributed by atoms with Crippen molar-refractivity contribution in [1.29, 1.82) is 5.26 Å². The lowest BCUT2D eigenvalue weighted by Crippen LogP contribution is -2.40. The van der Waals surface area contributed by atoms with E-state index in [4.69, 9.17) is 10.4 Å². The molecule has 0 bridgehead atoms. The second-order valence-corrected chi connectivity index (χ2v) is 5.88. The highest BCUT2D eigenvalue weighted by molar-refractivity contribution is 7.99. The van der Waals surface area contributed by atoms with E-state index in [0.29, 0.717) is 5.56 Å². The fourth-order valence-corrected chi connectivity index (χ4v) is 2.49. The number of hydrogen-bond acceptors (Lipinski definition) is 4. The summed E-state index contributed by atoms with van der Waals surface area (Å²) < 4.78 is 0. The Kier molecular flexibility index (Phi) is 6.76. The zero-order valence-electron chi connectivity index (χ0n) is 12.0. The summed E-state index contributed by atoms with van der Waals surface area (Å²) in [6.07, 6.45) is -0.114. The first-order valence-corrected chi connectivity index (χ1v) is 7.55. The Hall–Kier alpha value is -2.00. The molecule has 0 aliphatic heterocycles. The molecule has 0 radical (unpaired) electrons. The average Bonchev–Trinajstić information content (AvgIpc) is 2.44. The van der Waals surface area contributed by atoms with Gasteiger partial charge in [0.15, 0.2) is 0 Å². The minimum Gasteiger partial charge on any atom is -0.481 e. The Labute approximate surface area is 128 Å². The SMILES string of the molecule is CC(C)C(CC(=O)O)NC(=O)c1ccccc1SCC#N. The predicted octanol–water partition coefficient (Wildman–Crippen LogP) is 2.53. The maximum absolute atomic E-state index is 12.3. The van der Waals surface area contributed by atoms with Crippen LogP contribution in [-0.4, -0.2) is 28.8 Å². The highest BCUT2D eigenvalue weighted by Crippen LogP contribution is 2.22. The van der Waals surface area contributed by atoms with Gasteiger partial charge in [-0.05, 0) is 18.1 Å². The fourth-order valence-electron chi connectivity index (χ4n) is 1.78. The number of benzene rings is 1. The molecule has 1 rings (SSSR count). The van der Waals surface area contributed by atoms with Gasteiger partial charge in [-0.2, -0.15) is 5.26 Å². The van der Waals surface area contributed by atoms with Gasteiger partial charge in [0.25, 0.3) is 5.91 Å². The van der Waals surface area contributed by atoms with Crippen molar-refractivity contribution in [3.05, 3.63) is 29.8 Å². The van der Waals surface area contributed by atoms with E-state index < -0.39 is 12.0 Å². The van der Waals surface area contributed by atoms with E-state index in [1.54, 1.807) is 24.3 Å². The topological polar surface area (TPSA) is 90.2 Å². The van der Waals surface area contributed by atoms with E-state index in [1.165, 1.54) is 11.8 Å². The number of carboxylic acid groups (broad SMARTS) is 1. The summed E-state index contributed by atoms with van der Waals surface area (Å²) in [6.45, 7) is 3.73. The highest BCUT2D eigenvalue weighted by Gasteiger charge is 2.21. The summed E-state index contributed by atoms with van der Waals surface area (Å²) in [5, 5.41) is 20.3. The van der Waals surface area contributed by atoms with Crippen LogP contribution in [-0.2, 0) is 4.79 Å². The van der Waals surface area contributed by atoms with E-state index in [-0.39, 0.29) is 24.0 Å². The number of carboxylic acids is 1. The summed E-state index contributed by atoms with van der Waals surface area (Å²) in [5.74, 6) is -0.978. The van der Waals surface area contributed by atoms with Gasteiger partial charge in [-0.3, -0.25) is 9.59 Å². The largest absolute Gasteiger partial charge is 0.481 e. The maximum atomic E-state index is 12.3. The van der Waals surface area contributed by atoms with Crippen LogP contribution in [0.1, 0.15) is 30.6 Å². The molecule has 0 saturated carbocycles. The Morgan fingerprint density at radius 3 is 2.62 bits per heavy atom. The molecule has 0 aromatic heterocycles. The molecule has 0 saturated heterocycles. The zero-order valence-corrected chi connectivity index (χ0v) is 12.8. The minimum atomic E-state index is -0.943. The number of carbonyl (C=O) groups excluding carboxylic acids is 1. The van der Waals surface area contributed by atoms with Gasteiger partial charge in [-0.15, -0.1) is 11.8 Å². The standard InChI is InChI=1S/C15H18N2O3S/c1-10(2)12(9-14(18)19)17-15(20)11-5-3-4-6-13(11)21-8-7-16/h3-6,10,12H,8-9H2,1-2H3,(H,17,20)(H,18,19). The van der Waals surface area contributed by atoms with Gasteiger partial charge >= 0.3 is 5.97 Å². The van der Waals surface area contributed by atoms with Gasteiger partial charge in [-0.25, -0.2) is 0 Å². The van der Waals surface area contributed by atoms with Crippen LogP contribution in [0.2, 0.25) is 0 Å². The number of nitriles is 1. The molecule has 112 valence electrons. The Morgan fingerprint density at radius 1 is 1.38 bits per heavy atom. The first-order valence-electron chi connectivity index (χ1n) is 6.57. The molecule has 0 aliphatic rings. The number of nitrogens with zero attached hydrogens (tertiary/aromatic N) is 1. The van der Waals surface area contributed by atoms with Crippen LogP contribution < -0.4 is 5.32 Å². The smallest absolute Gasteiger partial charge is 0.305 e. The Balaban J connectivity index is 2.87. The molecule has 1 amide bonds. The van der Waals surface area contributed by atoms with Crippen molar-refractivity contribution in [1.82, 2.24) is 5.32 Å². The number of thioether (sulfide) groups is 1. The molecule has 6 heteroatoms. The van der Waals surface area contributed by atoms with Crippen LogP contribution >= 0.6 is 11.8 Å². The summed E-state index contributed by atoms with van der Waals surface area (Å²) >= 11 is 1.29. The van der Waals surface area contributed by atoms with Gasteiger partial charge < -0.3 is 10.4 Å². The van der Waals surface area contributed by atoms with Gasteiger partial charge in [0.1, 0.15) is 0 Å². The fraction of sp³-hybridized carbons (Fsp3) is 0.400. The molecule has 1 atom stereocenters. The number of amides is 1. The van der Waals surface area contributed by atoms with Crippen molar-refractivity contribution in [3.63, 3.8) is 0 Å². The van der Waals surface area contributed by atoms with Crippen molar-refractivity contribution < 1.29 is 14.7 Å². The normalized spacial score (nSPS) is 11.7. The number of carbonyl (C=O) groups is 2. The lowest BCUT2D eigenvalue weighted by atomic mass is 10.0. The van der Waals surface area contributed by atoms with Crippen LogP contribution in [0.25, 0.3) is 0 Å². The van der Waals surface area contributed by atoms with E-state index in [0.717, 1.165) is 4.90 Å². The third-order valence-corrected chi connectivity index (χ3v) is 3.88. The number of hydrogen-bond donors (Lipinski definition) is 2. The number of nitrogens with one attached hydrogen (secondary N) is 1. The number of rotatable bonds is 7. The molecular formula is C15H18N2O3S. The second kappa shape index (κ2) is 8.32. The van der Waals surface area contributed by atoms with Crippen molar-refractivity contribution in [2.24, 2.45) is 5.92 Å². The molecule has 1 aromatic carbocycles. The lowest BCUT2D eigenvalue weighted by molar-refractivity contribution is -0.137.